The molecule has 2 amide bonds. The molecule has 1 N–H and O–H groups in total. The van der Waals surface area contributed by atoms with E-state index in [0.29, 0.717) is 30.5 Å². The minimum Gasteiger partial charge on any atom is -0.484 e. The molecule has 0 unspecified atom stereocenters. The van der Waals surface area contributed by atoms with Crippen molar-refractivity contribution in [2.45, 2.75) is 13.3 Å². The molecule has 0 radical (unpaired) electrons. The number of ether oxygens (including phenoxy) is 2. The van der Waals surface area contributed by atoms with E-state index in [9.17, 15) is 9.59 Å². The summed E-state index contributed by atoms with van der Waals surface area (Å²) in [6.07, 6.45) is 0.636. The quantitative estimate of drug-likeness (QED) is 0.643. The van der Waals surface area contributed by atoms with E-state index in [1.165, 1.54) is 16.2 Å². The molecule has 0 bridgehead atoms. The topological polar surface area (TPSA) is 80.8 Å². The summed E-state index contributed by atoms with van der Waals surface area (Å²) < 4.78 is 10.5. The zero-order valence-electron chi connectivity index (χ0n) is 14.9. The van der Waals surface area contributed by atoms with E-state index < -0.39 is 0 Å². The number of anilines is 1. The van der Waals surface area contributed by atoms with Crippen LogP contribution in [-0.2, 0) is 14.3 Å². The van der Waals surface area contributed by atoms with Gasteiger partial charge in [0.1, 0.15) is 12.3 Å². The second kappa shape index (κ2) is 10.5. The molecular formula is C18H23N3O4S. The summed E-state index contributed by atoms with van der Waals surface area (Å²) in [4.78, 5) is 30.4. The predicted molar refractivity (Wildman–Crippen MR) is 100 cm³/mol. The minimum absolute atomic E-state index is 0.0562. The first kappa shape index (κ1) is 19.9. The molecular weight excluding hydrogens is 354 g/mol. The lowest BCUT2D eigenvalue weighted by Crippen LogP contribution is -2.41. The Labute approximate surface area is 156 Å². The van der Waals surface area contributed by atoms with Crippen LogP contribution in [-0.4, -0.2) is 55.1 Å². The maximum Gasteiger partial charge on any atom is 0.260 e. The maximum atomic E-state index is 12.5. The molecule has 2 aromatic rings. The number of thiazole rings is 1. The number of hydrogen-bond donors (Lipinski definition) is 1. The Morgan fingerprint density at radius 3 is 2.69 bits per heavy atom. The molecule has 140 valence electrons. The second-order valence-corrected chi connectivity index (χ2v) is 6.46. The number of para-hydroxylation sites is 1. The number of carbonyl (C=O) groups is 2. The van der Waals surface area contributed by atoms with E-state index in [4.69, 9.17) is 9.47 Å². The van der Waals surface area contributed by atoms with Gasteiger partial charge in [0.05, 0.1) is 5.69 Å². The number of benzene rings is 1. The molecule has 0 aliphatic heterocycles. The third kappa shape index (κ3) is 6.81. The van der Waals surface area contributed by atoms with E-state index in [0.717, 1.165) is 5.69 Å². The average molecular weight is 377 g/mol. The Bertz CT molecular complexity index is 705. The third-order valence-electron chi connectivity index (χ3n) is 3.43. The van der Waals surface area contributed by atoms with Crippen molar-refractivity contribution in [1.29, 1.82) is 0 Å². The van der Waals surface area contributed by atoms with Crippen molar-refractivity contribution >= 4 is 28.3 Å². The highest BCUT2D eigenvalue weighted by atomic mass is 32.1. The SMILES string of the molecule is COCCCN(CC(=O)Nc1nc(C)cs1)C(=O)COc1ccccc1. The first-order valence-electron chi connectivity index (χ1n) is 8.25. The highest BCUT2D eigenvalue weighted by Gasteiger charge is 2.18. The van der Waals surface area contributed by atoms with E-state index >= 15 is 0 Å². The summed E-state index contributed by atoms with van der Waals surface area (Å²) in [5.41, 5.74) is 0.842. The van der Waals surface area contributed by atoms with E-state index in [1.54, 1.807) is 19.2 Å². The van der Waals surface area contributed by atoms with Gasteiger partial charge in [-0.15, -0.1) is 11.3 Å². The molecule has 8 heteroatoms. The van der Waals surface area contributed by atoms with Crippen molar-refractivity contribution < 1.29 is 19.1 Å². The summed E-state index contributed by atoms with van der Waals surface area (Å²) in [7, 11) is 1.60. The van der Waals surface area contributed by atoms with Crippen LogP contribution in [0.2, 0.25) is 0 Å². The monoisotopic (exact) mass is 377 g/mol. The summed E-state index contributed by atoms with van der Waals surface area (Å²) in [6.45, 7) is 2.60. The van der Waals surface area contributed by atoms with Gasteiger partial charge in [-0.2, -0.15) is 0 Å². The number of nitrogens with one attached hydrogen (secondary N) is 1. The molecule has 0 atom stereocenters. The molecule has 2 rings (SSSR count). The molecule has 1 aromatic heterocycles. The van der Waals surface area contributed by atoms with Crippen LogP contribution in [0, 0.1) is 6.92 Å². The van der Waals surface area contributed by atoms with Gasteiger partial charge < -0.3 is 19.7 Å². The van der Waals surface area contributed by atoms with Crippen molar-refractivity contribution in [1.82, 2.24) is 9.88 Å². The van der Waals surface area contributed by atoms with Crippen molar-refractivity contribution in [3.05, 3.63) is 41.4 Å². The van der Waals surface area contributed by atoms with Gasteiger partial charge in [0.2, 0.25) is 5.91 Å². The number of nitrogens with zero attached hydrogens (tertiary/aromatic N) is 2. The highest BCUT2D eigenvalue weighted by Crippen LogP contribution is 2.14. The molecule has 1 heterocycles. The van der Waals surface area contributed by atoms with Crippen LogP contribution >= 0.6 is 11.3 Å². The summed E-state index contributed by atoms with van der Waals surface area (Å²) in [6, 6.07) is 9.09. The second-order valence-electron chi connectivity index (χ2n) is 5.61. The van der Waals surface area contributed by atoms with Crippen LogP contribution < -0.4 is 10.1 Å². The standard InChI is InChI=1S/C18H23N3O4S/c1-14-13-26-18(19-14)20-16(22)11-21(9-6-10-24-2)17(23)12-25-15-7-4-3-5-8-15/h3-5,7-8,13H,6,9-12H2,1-2H3,(H,19,20,22). The van der Waals surface area contributed by atoms with Gasteiger partial charge in [-0.1, -0.05) is 18.2 Å². The van der Waals surface area contributed by atoms with Crippen LogP contribution in [0.1, 0.15) is 12.1 Å². The predicted octanol–water partition coefficient (Wildman–Crippen LogP) is 2.33. The Morgan fingerprint density at radius 1 is 1.27 bits per heavy atom. The number of amides is 2. The van der Waals surface area contributed by atoms with Gasteiger partial charge in [-0.05, 0) is 25.5 Å². The summed E-state index contributed by atoms with van der Waals surface area (Å²) in [5, 5.41) is 5.09. The molecule has 0 aliphatic carbocycles. The van der Waals surface area contributed by atoms with Crippen LogP contribution in [0.25, 0.3) is 0 Å². The number of aromatic nitrogens is 1. The van der Waals surface area contributed by atoms with Gasteiger partial charge >= 0.3 is 0 Å². The zero-order chi connectivity index (χ0) is 18.8. The lowest BCUT2D eigenvalue weighted by Gasteiger charge is -2.22. The van der Waals surface area contributed by atoms with Crippen molar-refractivity contribution in [3.63, 3.8) is 0 Å². The van der Waals surface area contributed by atoms with Gasteiger partial charge in [0.25, 0.3) is 5.91 Å². The first-order valence-corrected chi connectivity index (χ1v) is 9.13. The van der Waals surface area contributed by atoms with Gasteiger partial charge in [-0.25, -0.2) is 4.98 Å². The molecule has 0 saturated carbocycles. The fraction of sp³-hybridized carbons (Fsp3) is 0.389. The van der Waals surface area contributed by atoms with E-state index in [1.807, 2.05) is 30.5 Å². The molecule has 0 aliphatic rings. The van der Waals surface area contributed by atoms with Crippen LogP contribution in [0.5, 0.6) is 5.75 Å². The normalized spacial score (nSPS) is 10.4. The van der Waals surface area contributed by atoms with E-state index in [-0.39, 0.29) is 25.0 Å². The van der Waals surface area contributed by atoms with Crippen LogP contribution in [0.4, 0.5) is 5.13 Å². The summed E-state index contributed by atoms with van der Waals surface area (Å²) >= 11 is 1.35. The van der Waals surface area contributed by atoms with E-state index in [2.05, 4.69) is 10.3 Å². The third-order valence-corrected chi connectivity index (χ3v) is 4.31. The largest absolute Gasteiger partial charge is 0.484 e. The fourth-order valence-electron chi connectivity index (χ4n) is 2.19. The number of methoxy groups -OCH3 is 1. The lowest BCUT2D eigenvalue weighted by atomic mass is 10.3. The maximum absolute atomic E-state index is 12.5. The Balaban J connectivity index is 1.90. The zero-order valence-corrected chi connectivity index (χ0v) is 15.8. The molecule has 0 spiro atoms. The Kier molecular flexibility index (Phi) is 8.04. The first-order chi connectivity index (χ1) is 12.6. The molecule has 0 saturated heterocycles. The molecule has 7 nitrogen and oxygen atoms in total. The van der Waals surface area contributed by atoms with Gasteiger partial charge in [-0.3, -0.25) is 9.59 Å². The van der Waals surface area contributed by atoms with Gasteiger partial charge in [0, 0.05) is 25.6 Å². The average Bonchev–Trinajstić information content (AvgIpc) is 3.04. The lowest BCUT2D eigenvalue weighted by molar-refractivity contribution is -0.136. The molecule has 1 aromatic carbocycles. The molecule has 0 fully saturated rings. The number of rotatable bonds is 10. The number of hydrogen-bond acceptors (Lipinski definition) is 6. The Morgan fingerprint density at radius 2 is 2.04 bits per heavy atom. The Hall–Kier alpha value is -2.45. The molecule has 26 heavy (non-hydrogen) atoms. The fourth-order valence-corrected chi connectivity index (χ4v) is 2.89. The van der Waals surface area contributed by atoms with Crippen molar-refractivity contribution in [2.24, 2.45) is 0 Å². The summed E-state index contributed by atoms with van der Waals surface area (Å²) in [5.74, 6) is 0.0701. The van der Waals surface area contributed by atoms with Gasteiger partial charge in [0.15, 0.2) is 11.7 Å². The van der Waals surface area contributed by atoms with Crippen molar-refractivity contribution in [2.75, 3.05) is 38.7 Å². The number of aryl methyl sites for hydroxylation is 1. The van der Waals surface area contributed by atoms with Crippen LogP contribution in [0.3, 0.4) is 0 Å². The number of carbonyl (C=O) groups excluding carboxylic acids is 2. The highest BCUT2D eigenvalue weighted by molar-refractivity contribution is 7.13. The smallest absolute Gasteiger partial charge is 0.260 e. The van der Waals surface area contributed by atoms with Crippen LogP contribution in [0.15, 0.2) is 35.7 Å². The van der Waals surface area contributed by atoms with Crippen molar-refractivity contribution in [3.8, 4) is 5.75 Å². The minimum atomic E-state index is -0.287.